The van der Waals surface area contributed by atoms with Crippen LogP contribution in [0.2, 0.25) is 0 Å². The standard InChI is InChI=1S/C10H11NOS/c1-2-3-8-13-12-10-7-5-4-6-9(10)11/h2-8H,1,11H2. The maximum Gasteiger partial charge on any atom is 0.160 e. The summed E-state index contributed by atoms with van der Waals surface area (Å²) < 4.78 is 5.30. The first-order valence-corrected chi connectivity index (χ1v) is 4.60. The maximum atomic E-state index is 5.65. The Hall–Kier alpha value is -1.35. The van der Waals surface area contributed by atoms with Crippen LogP contribution in [0.25, 0.3) is 0 Å². The molecule has 1 aromatic rings. The topological polar surface area (TPSA) is 35.2 Å². The van der Waals surface area contributed by atoms with Crippen molar-refractivity contribution in [3.8, 4) is 5.75 Å². The van der Waals surface area contributed by atoms with Crippen molar-refractivity contribution >= 4 is 17.7 Å². The molecule has 3 heteroatoms. The molecule has 0 fully saturated rings. The van der Waals surface area contributed by atoms with Crippen molar-refractivity contribution in [1.82, 2.24) is 0 Å². The molecule has 0 radical (unpaired) electrons. The van der Waals surface area contributed by atoms with Crippen LogP contribution in [0, 0.1) is 0 Å². The summed E-state index contributed by atoms with van der Waals surface area (Å²) in [5.74, 6) is 0.682. The number of anilines is 1. The van der Waals surface area contributed by atoms with E-state index in [2.05, 4.69) is 6.58 Å². The predicted molar refractivity (Wildman–Crippen MR) is 58.4 cm³/mol. The van der Waals surface area contributed by atoms with Gasteiger partial charge in [-0.25, -0.2) is 0 Å². The van der Waals surface area contributed by atoms with E-state index in [0.717, 1.165) is 0 Å². The molecule has 0 aromatic heterocycles. The first-order valence-electron chi connectivity index (χ1n) is 3.80. The molecule has 0 saturated carbocycles. The monoisotopic (exact) mass is 193 g/mol. The molecule has 0 heterocycles. The summed E-state index contributed by atoms with van der Waals surface area (Å²) in [5.41, 5.74) is 6.29. The summed E-state index contributed by atoms with van der Waals surface area (Å²) in [7, 11) is 0. The molecule has 0 spiro atoms. The van der Waals surface area contributed by atoms with Crippen LogP contribution < -0.4 is 9.92 Å². The second-order valence-electron chi connectivity index (χ2n) is 2.28. The molecule has 1 aromatic carbocycles. The predicted octanol–water partition coefficient (Wildman–Crippen LogP) is 3.00. The maximum absolute atomic E-state index is 5.65. The number of allylic oxidation sites excluding steroid dienone is 2. The molecule has 0 amide bonds. The number of benzene rings is 1. The Morgan fingerprint density at radius 3 is 2.85 bits per heavy atom. The van der Waals surface area contributed by atoms with Gasteiger partial charge in [-0.1, -0.05) is 30.9 Å². The van der Waals surface area contributed by atoms with E-state index in [1.807, 2.05) is 18.2 Å². The molecule has 1 rings (SSSR count). The Labute approximate surface area is 82.3 Å². The summed E-state index contributed by atoms with van der Waals surface area (Å²) in [6, 6.07) is 7.37. The van der Waals surface area contributed by atoms with Crippen LogP contribution in [0.15, 0.2) is 48.4 Å². The second kappa shape index (κ2) is 5.32. The van der Waals surface area contributed by atoms with Crippen molar-refractivity contribution < 1.29 is 4.18 Å². The van der Waals surface area contributed by atoms with E-state index in [4.69, 9.17) is 9.92 Å². The fourth-order valence-corrected chi connectivity index (χ4v) is 1.21. The van der Waals surface area contributed by atoms with Gasteiger partial charge in [0, 0.05) is 5.41 Å². The molecule has 0 bridgehead atoms. The lowest BCUT2D eigenvalue weighted by molar-refractivity contribution is 0.655. The normalized spacial score (nSPS) is 10.2. The van der Waals surface area contributed by atoms with Crippen molar-refractivity contribution in [2.45, 2.75) is 0 Å². The fraction of sp³-hybridized carbons (Fsp3) is 0. The molecule has 2 nitrogen and oxygen atoms in total. The highest BCUT2D eigenvalue weighted by atomic mass is 32.2. The Morgan fingerprint density at radius 1 is 1.38 bits per heavy atom. The summed E-state index contributed by atoms with van der Waals surface area (Å²) in [6.07, 6.45) is 3.48. The van der Waals surface area contributed by atoms with Crippen molar-refractivity contribution in [1.29, 1.82) is 0 Å². The minimum absolute atomic E-state index is 0.641. The van der Waals surface area contributed by atoms with Gasteiger partial charge in [-0.15, -0.1) is 0 Å². The number of nitrogen functional groups attached to an aromatic ring is 1. The Bertz CT molecular complexity index is 310. The Morgan fingerprint density at radius 2 is 2.15 bits per heavy atom. The summed E-state index contributed by atoms with van der Waals surface area (Å²) in [5, 5.41) is 1.79. The minimum atomic E-state index is 0.641. The quantitative estimate of drug-likeness (QED) is 0.453. The summed E-state index contributed by atoms with van der Waals surface area (Å²) in [6.45, 7) is 3.54. The van der Waals surface area contributed by atoms with E-state index in [1.54, 1.807) is 23.6 Å². The zero-order chi connectivity index (χ0) is 9.52. The molecular formula is C10H11NOS. The van der Waals surface area contributed by atoms with E-state index in [9.17, 15) is 0 Å². The van der Waals surface area contributed by atoms with Crippen molar-refractivity contribution in [3.63, 3.8) is 0 Å². The minimum Gasteiger partial charge on any atom is -0.419 e. The first-order chi connectivity index (χ1) is 6.34. The van der Waals surface area contributed by atoms with Gasteiger partial charge in [-0.3, -0.25) is 0 Å². The molecule has 0 aliphatic carbocycles. The van der Waals surface area contributed by atoms with Gasteiger partial charge < -0.3 is 9.92 Å². The third-order valence-electron chi connectivity index (χ3n) is 1.33. The summed E-state index contributed by atoms with van der Waals surface area (Å²) >= 11 is 1.21. The van der Waals surface area contributed by atoms with E-state index < -0.39 is 0 Å². The van der Waals surface area contributed by atoms with Crippen LogP contribution in [0.1, 0.15) is 0 Å². The number of rotatable bonds is 4. The van der Waals surface area contributed by atoms with Crippen molar-refractivity contribution in [2.24, 2.45) is 0 Å². The Balaban J connectivity index is 2.49. The highest BCUT2D eigenvalue weighted by molar-refractivity contribution is 7.97. The highest BCUT2D eigenvalue weighted by Crippen LogP contribution is 2.23. The first kappa shape index (κ1) is 9.74. The van der Waals surface area contributed by atoms with Gasteiger partial charge >= 0.3 is 0 Å². The van der Waals surface area contributed by atoms with Crippen molar-refractivity contribution in [3.05, 3.63) is 48.4 Å². The second-order valence-corrected chi connectivity index (χ2v) is 2.91. The molecule has 0 unspecified atom stereocenters. The van der Waals surface area contributed by atoms with Gasteiger partial charge in [0.2, 0.25) is 0 Å². The highest BCUT2D eigenvalue weighted by Gasteiger charge is 1.96. The molecular weight excluding hydrogens is 182 g/mol. The van der Waals surface area contributed by atoms with Gasteiger partial charge in [0.25, 0.3) is 0 Å². The third-order valence-corrected chi connectivity index (χ3v) is 1.87. The zero-order valence-corrected chi connectivity index (χ0v) is 7.96. The van der Waals surface area contributed by atoms with Gasteiger partial charge in [0.1, 0.15) is 0 Å². The molecule has 0 saturated heterocycles. The smallest absolute Gasteiger partial charge is 0.160 e. The fourth-order valence-electron chi connectivity index (χ4n) is 0.724. The number of hydrogen-bond acceptors (Lipinski definition) is 3. The average molecular weight is 193 g/mol. The van der Waals surface area contributed by atoms with Crippen LogP contribution >= 0.6 is 12.0 Å². The van der Waals surface area contributed by atoms with Gasteiger partial charge in [-0.2, -0.15) is 0 Å². The average Bonchev–Trinajstić information content (AvgIpc) is 2.15. The number of nitrogens with two attached hydrogens (primary N) is 1. The molecule has 2 N–H and O–H groups in total. The largest absolute Gasteiger partial charge is 0.419 e. The van der Waals surface area contributed by atoms with E-state index in [0.29, 0.717) is 11.4 Å². The number of para-hydroxylation sites is 2. The van der Waals surface area contributed by atoms with Gasteiger partial charge in [0.15, 0.2) is 5.75 Å². The van der Waals surface area contributed by atoms with Gasteiger partial charge in [0.05, 0.1) is 17.7 Å². The van der Waals surface area contributed by atoms with Gasteiger partial charge in [-0.05, 0) is 12.1 Å². The summed E-state index contributed by atoms with van der Waals surface area (Å²) in [4.78, 5) is 0. The zero-order valence-electron chi connectivity index (χ0n) is 7.14. The van der Waals surface area contributed by atoms with E-state index >= 15 is 0 Å². The molecule has 0 aliphatic rings. The Kier molecular flexibility index (Phi) is 3.99. The van der Waals surface area contributed by atoms with E-state index in [-0.39, 0.29) is 0 Å². The van der Waals surface area contributed by atoms with Crippen LogP contribution in [0.3, 0.4) is 0 Å². The van der Waals surface area contributed by atoms with Crippen LogP contribution in [0.5, 0.6) is 5.75 Å². The lowest BCUT2D eigenvalue weighted by Gasteiger charge is -2.02. The lowest BCUT2D eigenvalue weighted by atomic mass is 10.3. The molecule has 68 valence electrons. The van der Waals surface area contributed by atoms with Crippen LogP contribution in [0.4, 0.5) is 5.69 Å². The lowest BCUT2D eigenvalue weighted by Crippen LogP contribution is -1.88. The number of hydrogen-bond donors (Lipinski definition) is 1. The van der Waals surface area contributed by atoms with Crippen LogP contribution in [-0.2, 0) is 0 Å². The van der Waals surface area contributed by atoms with Crippen LogP contribution in [-0.4, -0.2) is 0 Å². The SMILES string of the molecule is C=CC=CSOc1ccccc1N. The third kappa shape index (κ3) is 3.25. The molecule has 0 atom stereocenters. The van der Waals surface area contributed by atoms with E-state index in [1.165, 1.54) is 12.0 Å². The van der Waals surface area contributed by atoms with Crippen molar-refractivity contribution in [2.75, 3.05) is 5.73 Å². The molecule has 0 aliphatic heterocycles. The molecule has 13 heavy (non-hydrogen) atoms.